The predicted octanol–water partition coefficient (Wildman–Crippen LogP) is 11.7. The average Bonchev–Trinajstić information content (AvgIpc) is 3.12. The molecular weight excluding hydrogens is 695 g/mol. The lowest BCUT2D eigenvalue weighted by Crippen LogP contribution is -2.45. The van der Waals surface area contributed by atoms with Gasteiger partial charge in [0.1, 0.15) is 13.2 Å². The summed E-state index contributed by atoms with van der Waals surface area (Å²) >= 11 is 0. The molecule has 0 rings (SSSR count). The Morgan fingerprint density at radius 2 is 1.04 bits per heavy atom. The van der Waals surface area contributed by atoms with E-state index in [1.54, 1.807) is 6.08 Å². The van der Waals surface area contributed by atoms with E-state index in [-0.39, 0.29) is 12.5 Å². The van der Waals surface area contributed by atoms with Crippen molar-refractivity contribution in [3.05, 3.63) is 36.5 Å². The second kappa shape index (κ2) is 37.3. The first-order valence-corrected chi connectivity index (χ1v) is 23.8. The molecule has 0 aliphatic carbocycles. The quantitative estimate of drug-likeness (QED) is 0.0277. The van der Waals surface area contributed by atoms with Crippen molar-refractivity contribution in [2.24, 2.45) is 0 Å². The summed E-state index contributed by atoms with van der Waals surface area (Å²) in [6, 6.07) is -0.908. The maximum atomic E-state index is 12.8. The molecular formula is C45H87N2O6P. The number of aliphatic hydroxyl groups excluding tert-OH is 1. The van der Waals surface area contributed by atoms with E-state index in [1.807, 2.05) is 27.2 Å². The molecule has 0 aromatic carbocycles. The molecule has 0 aromatic rings. The number of phosphoric acid groups is 1. The van der Waals surface area contributed by atoms with Gasteiger partial charge in [0.15, 0.2) is 0 Å². The molecule has 0 spiro atoms. The number of hydrogen-bond acceptors (Lipinski definition) is 6. The lowest BCUT2D eigenvalue weighted by molar-refractivity contribution is -0.870. The minimum Gasteiger partial charge on any atom is -0.756 e. The Hall–Kier alpha value is -1.28. The van der Waals surface area contributed by atoms with Crippen LogP contribution >= 0.6 is 7.82 Å². The van der Waals surface area contributed by atoms with E-state index in [1.165, 1.54) is 122 Å². The summed E-state index contributed by atoms with van der Waals surface area (Å²) in [5, 5.41) is 13.7. The van der Waals surface area contributed by atoms with E-state index >= 15 is 0 Å². The van der Waals surface area contributed by atoms with Crippen LogP contribution < -0.4 is 10.2 Å². The SMILES string of the molecule is CCCCCCCC/C=C\CCCCCC(=O)NC(COP(=O)([O-])OCC[N+](C)(C)C)C(O)/C=C/CC/C=C/CCCCCCCCCCCCCCC. The predicted molar refractivity (Wildman–Crippen MR) is 228 cm³/mol. The van der Waals surface area contributed by atoms with Gasteiger partial charge in [-0.2, -0.15) is 0 Å². The number of phosphoric ester groups is 1. The van der Waals surface area contributed by atoms with Crippen LogP contribution in [0.5, 0.6) is 0 Å². The molecule has 0 aliphatic heterocycles. The van der Waals surface area contributed by atoms with Crippen molar-refractivity contribution in [2.75, 3.05) is 40.9 Å². The summed E-state index contributed by atoms with van der Waals surface area (Å²) in [4.78, 5) is 25.2. The number of unbranched alkanes of at least 4 members (excludes halogenated alkanes) is 23. The van der Waals surface area contributed by atoms with Crippen molar-refractivity contribution in [3.63, 3.8) is 0 Å². The molecule has 0 aromatic heterocycles. The average molecular weight is 783 g/mol. The molecule has 0 bridgehead atoms. The summed E-state index contributed by atoms with van der Waals surface area (Å²) in [6.07, 6.45) is 44.8. The van der Waals surface area contributed by atoms with Gasteiger partial charge in [-0.3, -0.25) is 9.36 Å². The lowest BCUT2D eigenvalue weighted by atomic mass is 10.0. The van der Waals surface area contributed by atoms with E-state index in [0.717, 1.165) is 51.4 Å². The van der Waals surface area contributed by atoms with Crippen LogP contribution in [0.2, 0.25) is 0 Å². The summed E-state index contributed by atoms with van der Waals surface area (Å²) in [7, 11) is 1.23. The molecule has 54 heavy (non-hydrogen) atoms. The molecule has 0 radical (unpaired) electrons. The highest BCUT2D eigenvalue weighted by Crippen LogP contribution is 2.38. The zero-order valence-corrected chi connectivity index (χ0v) is 36.8. The fourth-order valence-corrected chi connectivity index (χ4v) is 6.94. The number of hydrogen-bond donors (Lipinski definition) is 2. The van der Waals surface area contributed by atoms with E-state index in [0.29, 0.717) is 17.4 Å². The number of rotatable bonds is 40. The first-order chi connectivity index (χ1) is 26.0. The van der Waals surface area contributed by atoms with Crippen molar-refractivity contribution < 1.29 is 32.9 Å². The van der Waals surface area contributed by atoms with Gasteiger partial charge in [-0.05, 0) is 57.8 Å². The van der Waals surface area contributed by atoms with Crippen LogP contribution in [-0.4, -0.2) is 68.5 Å². The molecule has 9 heteroatoms. The highest BCUT2D eigenvalue weighted by molar-refractivity contribution is 7.45. The van der Waals surface area contributed by atoms with Gasteiger partial charge >= 0.3 is 0 Å². The molecule has 1 amide bonds. The third-order valence-electron chi connectivity index (χ3n) is 9.82. The third kappa shape index (κ3) is 39.0. The number of allylic oxidation sites excluding steroid dienone is 5. The Kier molecular flexibility index (Phi) is 36.4. The van der Waals surface area contributed by atoms with Crippen LogP contribution in [0.15, 0.2) is 36.5 Å². The summed E-state index contributed by atoms with van der Waals surface area (Å²) in [6.45, 7) is 4.60. The van der Waals surface area contributed by atoms with E-state index in [2.05, 4.69) is 43.5 Å². The van der Waals surface area contributed by atoms with Crippen molar-refractivity contribution >= 4 is 13.7 Å². The third-order valence-corrected chi connectivity index (χ3v) is 10.8. The molecule has 0 saturated carbocycles. The maximum Gasteiger partial charge on any atom is 0.268 e. The van der Waals surface area contributed by atoms with Gasteiger partial charge in [-0.1, -0.05) is 166 Å². The second-order valence-electron chi connectivity index (χ2n) is 16.4. The zero-order chi connectivity index (χ0) is 40.0. The van der Waals surface area contributed by atoms with Gasteiger partial charge < -0.3 is 28.8 Å². The van der Waals surface area contributed by atoms with E-state index in [4.69, 9.17) is 9.05 Å². The molecule has 8 nitrogen and oxygen atoms in total. The Morgan fingerprint density at radius 3 is 1.50 bits per heavy atom. The van der Waals surface area contributed by atoms with E-state index in [9.17, 15) is 19.4 Å². The van der Waals surface area contributed by atoms with Crippen LogP contribution in [0.25, 0.3) is 0 Å². The van der Waals surface area contributed by atoms with Crippen molar-refractivity contribution in [2.45, 2.75) is 206 Å². The van der Waals surface area contributed by atoms with Crippen LogP contribution in [0.1, 0.15) is 194 Å². The molecule has 0 aliphatic rings. The van der Waals surface area contributed by atoms with Crippen LogP contribution in [0, 0.1) is 0 Å². The first kappa shape index (κ1) is 52.7. The minimum absolute atomic E-state index is 0.00906. The second-order valence-corrected chi connectivity index (χ2v) is 17.8. The topological polar surface area (TPSA) is 108 Å². The van der Waals surface area contributed by atoms with Crippen molar-refractivity contribution in [1.29, 1.82) is 0 Å². The lowest BCUT2D eigenvalue weighted by Gasteiger charge is -2.29. The number of carbonyl (C=O) groups is 1. The number of likely N-dealkylation sites (N-methyl/N-ethyl adjacent to an activating group) is 1. The number of nitrogens with zero attached hydrogens (tertiary/aromatic N) is 1. The molecule has 0 saturated heterocycles. The summed E-state index contributed by atoms with van der Waals surface area (Å²) in [5.41, 5.74) is 0. The van der Waals surface area contributed by atoms with Gasteiger partial charge in [-0.25, -0.2) is 0 Å². The number of carbonyl (C=O) groups excluding carboxylic acids is 1. The molecule has 318 valence electrons. The summed E-state index contributed by atoms with van der Waals surface area (Å²) < 4.78 is 23.1. The van der Waals surface area contributed by atoms with Crippen LogP contribution in [-0.2, 0) is 18.4 Å². The van der Waals surface area contributed by atoms with Gasteiger partial charge in [0.2, 0.25) is 5.91 Å². The van der Waals surface area contributed by atoms with Gasteiger partial charge in [0, 0.05) is 6.42 Å². The number of nitrogens with one attached hydrogen (secondary N) is 1. The Morgan fingerprint density at radius 1 is 0.630 bits per heavy atom. The number of aliphatic hydroxyl groups is 1. The smallest absolute Gasteiger partial charge is 0.268 e. The summed E-state index contributed by atoms with van der Waals surface area (Å²) in [5.74, 6) is -0.225. The minimum atomic E-state index is -4.60. The molecule has 0 heterocycles. The van der Waals surface area contributed by atoms with E-state index < -0.39 is 26.6 Å². The van der Waals surface area contributed by atoms with Gasteiger partial charge in [0.25, 0.3) is 7.82 Å². The molecule has 0 fully saturated rings. The fourth-order valence-electron chi connectivity index (χ4n) is 6.22. The van der Waals surface area contributed by atoms with Crippen molar-refractivity contribution in [3.8, 4) is 0 Å². The number of quaternary nitrogens is 1. The standard InChI is InChI=1S/C45H87N2O6P/c1-6-8-10-12-14-16-18-20-21-22-23-24-25-27-28-30-32-34-36-38-44(48)43(42-53-54(50,51)52-41-40-47(3,4)5)46-45(49)39-37-35-33-31-29-26-19-17-15-13-11-9-7-2/h26,28-30,36,38,43-44,48H,6-25,27,31-35,37,39-42H2,1-5H3,(H-,46,49,50,51)/b29-26-,30-28+,38-36+. The zero-order valence-electron chi connectivity index (χ0n) is 35.9. The Labute approximate surface area is 334 Å². The Balaban J connectivity index is 4.48. The van der Waals surface area contributed by atoms with Gasteiger partial charge in [-0.15, -0.1) is 0 Å². The number of amides is 1. The van der Waals surface area contributed by atoms with Gasteiger partial charge in [0.05, 0.1) is 39.9 Å². The molecule has 2 N–H and O–H groups in total. The molecule has 3 atom stereocenters. The highest BCUT2D eigenvalue weighted by atomic mass is 31.2. The fraction of sp³-hybridized carbons (Fsp3) is 0.844. The van der Waals surface area contributed by atoms with Crippen molar-refractivity contribution in [1.82, 2.24) is 5.32 Å². The molecule has 3 unspecified atom stereocenters. The highest BCUT2D eigenvalue weighted by Gasteiger charge is 2.23. The maximum absolute atomic E-state index is 12.8. The van der Waals surface area contributed by atoms with Crippen LogP contribution in [0.4, 0.5) is 0 Å². The Bertz CT molecular complexity index is 980. The first-order valence-electron chi connectivity index (χ1n) is 22.4. The van der Waals surface area contributed by atoms with Crippen LogP contribution in [0.3, 0.4) is 0 Å². The normalized spacial score (nSPS) is 14.7. The largest absolute Gasteiger partial charge is 0.756 e. The monoisotopic (exact) mass is 783 g/mol.